The molecule has 1 saturated carbocycles. The van der Waals surface area contributed by atoms with E-state index in [4.69, 9.17) is 32.6 Å². The van der Waals surface area contributed by atoms with Crippen molar-refractivity contribution in [2.24, 2.45) is 0 Å². The van der Waals surface area contributed by atoms with Gasteiger partial charge in [0.25, 0.3) is 11.8 Å². The number of nitrogens with zero attached hydrogens (tertiary/aromatic N) is 4. The van der Waals surface area contributed by atoms with Gasteiger partial charge >= 0.3 is 0 Å². The molecular formula is C25H21Cl2F3N4O. The Bertz CT molecular complexity index is 1360. The van der Waals surface area contributed by atoms with E-state index in [1.807, 2.05) is 41.8 Å². The second kappa shape index (κ2) is 8.99. The second-order valence-corrected chi connectivity index (χ2v) is 9.41. The summed E-state index contributed by atoms with van der Waals surface area (Å²) in [5.41, 5.74) is 0.735. The van der Waals surface area contributed by atoms with Gasteiger partial charge in [0.2, 0.25) is 5.89 Å². The van der Waals surface area contributed by atoms with Crippen LogP contribution in [0.25, 0.3) is 28.7 Å². The highest BCUT2D eigenvalue weighted by molar-refractivity contribution is 6.33. The molecule has 35 heavy (non-hydrogen) atoms. The van der Waals surface area contributed by atoms with Gasteiger partial charge in [0.15, 0.2) is 6.67 Å². The minimum Gasteiger partial charge on any atom is -0.418 e. The lowest BCUT2D eigenvalue weighted by Gasteiger charge is -2.43. The van der Waals surface area contributed by atoms with Gasteiger partial charge in [-0.2, -0.15) is 0 Å². The molecular weight excluding hydrogens is 500 g/mol. The highest BCUT2D eigenvalue weighted by Gasteiger charge is 2.62. The first-order chi connectivity index (χ1) is 16.8. The molecule has 0 atom stereocenters. The molecule has 5 rings (SSSR count). The Morgan fingerprint density at radius 1 is 1.06 bits per heavy atom. The molecule has 0 radical (unpaired) electrons. The Balaban J connectivity index is 1.70. The Morgan fingerprint density at radius 2 is 1.77 bits per heavy atom. The Morgan fingerprint density at radius 3 is 2.37 bits per heavy atom. The molecule has 2 aromatic heterocycles. The third kappa shape index (κ3) is 3.83. The molecule has 0 aliphatic heterocycles. The lowest BCUT2D eigenvalue weighted by molar-refractivity contribution is -0.135. The molecule has 4 aromatic rings. The van der Waals surface area contributed by atoms with E-state index in [1.165, 1.54) is 0 Å². The number of halogens is 5. The lowest BCUT2D eigenvalue weighted by atomic mass is 9.64. The van der Waals surface area contributed by atoms with Gasteiger partial charge in [-0.05, 0) is 55.7 Å². The first-order valence-electron chi connectivity index (χ1n) is 11.2. The summed E-state index contributed by atoms with van der Waals surface area (Å²) in [5, 5.41) is 9.07. The molecule has 5 nitrogen and oxygen atoms in total. The molecule has 1 fully saturated rings. The fourth-order valence-electron chi connectivity index (χ4n) is 4.55. The fourth-order valence-corrected chi connectivity index (χ4v) is 4.90. The Hall–Kier alpha value is -2.84. The summed E-state index contributed by atoms with van der Waals surface area (Å²) < 4.78 is 50.0. The number of hydrogen-bond donors (Lipinski definition) is 0. The minimum atomic E-state index is -3.59. The van der Waals surface area contributed by atoms with Gasteiger partial charge in [0.05, 0.1) is 10.7 Å². The first kappa shape index (κ1) is 23.9. The monoisotopic (exact) mass is 520 g/mol. The van der Waals surface area contributed by atoms with Crippen LogP contribution in [0, 0.1) is 0 Å². The third-order valence-corrected chi connectivity index (χ3v) is 7.20. The van der Waals surface area contributed by atoms with Crippen LogP contribution in [0.1, 0.15) is 37.8 Å². The smallest absolute Gasteiger partial charge is 0.290 e. The summed E-state index contributed by atoms with van der Waals surface area (Å²) in [6.45, 7) is 0.151. The molecule has 1 aliphatic carbocycles. The van der Waals surface area contributed by atoms with Crippen molar-refractivity contribution in [2.75, 3.05) is 6.67 Å². The lowest BCUT2D eigenvalue weighted by Crippen LogP contribution is -2.52. The maximum absolute atomic E-state index is 14.5. The van der Waals surface area contributed by atoms with E-state index in [-0.39, 0.29) is 24.6 Å². The van der Waals surface area contributed by atoms with Crippen molar-refractivity contribution in [2.45, 2.75) is 43.9 Å². The van der Waals surface area contributed by atoms with Gasteiger partial charge in [-0.25, -0.2) is 18.2 Å². The fraction of sp³-hybridized carbons (Fsp3) is 0.320. The van der Waals surface area contributed by atoms with E-state index >= 15 is 0 Å². The Labute approximate surface area is 209 Å². The summed E-state index contributed by atoms with van der Waals surface area (Å²) in [6, 6.07) is 14.5. The maximum atomic E-state index is 14.5. The minimum absolute atomic E-state index is 0.00111. The van der Waals surface area contributed by atoms with Gasteiger partial charge in [0, 0.05) is 16.3 Å². The van der Waals surface area contributed by atoms with E-state index in [0.717, 1.165) is 11.4 Å². The molecule has 0 unspecified atom stereocenters. The second-order valence-electron chi connectivity index (χ2n) is 8.56. The predicted molar refractivity (Wildman–Crippen MR) is 128 cm³/mol. The van der Waals surface area contributed by atoms with Crippen LogP contribution in [-0.4, -0.2) is 32.3 Å². The highest BCUT2D eigenvalue weighted by Crippen LogP contribution is 2.54. The summed E-state index contributed by atoms with van der Waals surface area (Å²) >= 11 is 12.6. The number of imidazole rings is 1. The van der Waals surface area contributed by atoms with E-state index in [1.54, 1.807) is 18.2 Å². The van der Waals surface area contributed by atoms with Crippen molar-refractivity contribution < 1.29 is 17.6 Å². The van der Waals surface area contributed by atoms with Crippen LogP contribution < -0.4 is 0 Å². The van der Waals surface area contributed by atoms with Gasteiger partial charge in [0.1, 0.15) is 16.9 Å². The van der Waals surface area contributed by atoms with Crippen molar-refractivity contribution in [1.29, 1.82) is 0 Å². The van der Waals surface area contributed by atoms with Crippen LogP contribution >= 0.6 is 23.2 Å². The van der Waals surface area contributed by atoms with Crippen LogP contribution in [0.5, 0.6) is 0 Å². The molecule has 1 aliphatic rings. The van der Waals surface area contributed by atoms with E-state index in [9.17, 15) is 13.2 Å². The van der Waals surface area contributed by atoms with E-state index in [2.05, 4.69) is 10.2 Å². The SMILES string of the molecule is CCc1c(-c2nnc(C3(C(F)(F)CF)CCC3)o2)nc(-c2ccccc2Cl)n1-c1ccc(Cl)cc1. The van der Waals surface area contributed by atoms with Crippen LogP contribution in [0.2, 0.25) is 10.0 Å². The standard InChI is InChI=1S/C25H21Cl2F3N4O/c1-2-19-20(22-32-33-23(35-22)24(12-5-13-24)25(29,30)14-28)31-21(17-6-3-4-7-18(17)27)34(19)16-10-8-15(26)9-11-16/h3-4,6-11H,2,5,12-14H2,1H3. The molecule has 182 valence electrons. The van der Waals surface area contributed by atoms with Crippen molar-refractivity contribution >= 4 is 23.2 Å². The molecule has 2 aromatic carbocycles. The number of rotatable bonds is 7. The van der Waals surface area contributed by atoms with Gasteiger partial charge < -0.3 is 4.42 Å². The van der Waals surface area contributed by atoms with Crippen molar-refractivity contribution in [1.82, 2.24) is 19.7 Å². The zero-order valence-corrected chi connectivity index (χ0v) is 20.3. The molecule has 10 heteroatoms. The van der Waals surface area contributed by atoms with Crippen molar-refractivity contribution in [3.8, 4) is 28.7 Å². The van der Waals surface area contributed by atoms with E-state index in [0.29, 0.717) is 40.0 Å². The number of aromatic nitrogens is 4. The highest BCUT2D eigenvalue weighted by atomic mass is 35.5. The third-order valence-electron chi connectivity index (χ3n) is 6.62. The van der Waals surface area contributed by atoms with Crippen molar-refractivity contribution in [3.05, 3.63) is 70.2 Å². The van der Waals surface area contributed by atoms with Gasteiger partial charge in [-0.15, -0.1) is 10.2 Å². The molecule has 2 heterocycles. The molecule has 0 bridgehead atoms. The normalized spacial score (nSPS) is 15.3. The van der Waals surface area contributed by atoms with Gasteiger partial charge in [-0.3, -0.25) is 4.57 Å². The summed E-state index contributed by atoms with van der Waals surface area (Å²) in [6.07, 6.45) is 1.21. The molecule has 0 saturated heterocycles. The van der Waals surface area contributed by atoms with Crippen LogP contribution in [0.15, 0.2) is 52.9 Å². The van der Waals surface area contributed by atoms with Gasteiger partial charge in [-0.1, -0.05) is 48.7 Å². The average Bonchev–Trinajstić information content (AvgIpc) is 3.44. The average molecular weight is 521 g/mol. The summed E-state index contributed by atoms with van der Waals surface area (Å²) in [4.78, 5) is 4.79. The summed E-state index contributed by atoms with van der Waals surface area (Å²) in [7, 11) is 0. The molecule has 0 spiro atoms. The van der Waals surface area contributed by atoms with Crippen LogP contribution in [0.3, 0.4) is 0 Å². The Kier molecular flexibility index (Phi) is 6.13. The van der Waals surface area contributed by atoms with Crippen molar-refractivity contribution in [3.63, 3.8) is 0 Å². The largest absolute Gasteiger partial charge is 0.418 e. The maximum Gasteiger partial charge on any atom is 0.290 e. The number of alkyl halides is 3. The van der Waals surface area contributed by atoms with Crippen LogP contribution in [0.4, 0.5) is 13.2 Å². The number of hydrogen-bond acceptors (Lipinski definition) is 4. The van der Waals surface area contributed by atoms with E-state index < -0.39 is 18.0 Å². The summed E-state index contributed by atoms with van der Waals surface area (Å²) in [5.74, 6) is -3.33. The zero-order chi connectivity index (χ0) is 24.8. The first-order valence-corrected chi connectivity index (χ1v) is 12.0. The molecule has 0 amide bonds. The zero-order valence-electron chi connectivity index (χ0n) is 18.7. The predicted octanol–water partition coefficient (Wildman–Crippen LogP) is 7.49. The molecule has 0 N–H and O–H groups in total. The quantitative estimate of drug-likeness (QED) is 0.253. The number of benzene rings is 2. The van der Waals surface area contributed by atoms with Crippen LogP contribution in [-0.2, 0) is 11.8 Å². The topological polar surface area (TPSA) is 56.7 Å².